The maximum atomic E-state index is 13.9. The van der Waals surface area contributed by atoms with Crippen LogP contribution < -0.4 is 11.3 Å². The zero-order valence-electron chi connectivity index (χ0n) is 12.8. The summed E-state index contributed by atoms with van der Waals surface area (Å²) in [6.45, 7) is 0. The lowest BCUT2D eigenvalue weighted by molar-refractivity contribution is -0.137. The molecule has 1 aromatic carbocycles. The summed E-state index contributed by atoms with van der Waals surface area (Å²) in [4.78, 5) is 18.3. The van der Waals surface area contributed by atoms with Gasteiger partial charge in [-0.15, -0.1) is 0 Å². The highest BCUT2D eigenvalue weighted by Gasteiger charge is 2.31. The fraction of sp³-hybridized carbons (Fsp3) is 0.0625. The molecule has 0 amide bonds. The third-order valence-electron chi connectivity index (χ3n) is 4.05. The fourth-order valence-electron chi connectivity index (χ4n) is 2.84. The average molecular weight is 363 g/mol. The smallest absolute Gasteiger partial charge is 0.394 e. The molecule has 3 heterocycles. The van der Waals surface area contributed by atoms with Crippen molar-refractivity contribution in [3.05, 3.63) is 52.3 Å². The van der Waals surface area contributed by atoms with E-state index in [4.69, 9.17) is 5.73 Å². The number of alkyl halides is 3. The van der Waals surface area contributed by atoms with Crippen molar-refractivity contribution in [3.63, 3.8) is 0 Å². The number of hydrogen-bond acceptors (Lipinski definition) is 4. The van der Waals surface area contributed by atoms with Gasteiger partial charge in [-0.2, -0.15) is 18.3 Å². The first-order valence-electron chi connectivity index (χ1n) is 7.28. The molecule has 0 aliphatic rings. The molecule has 132 valence electrons. The summed E-state index contributed by atoms with van der Waals surface area (Å²) in [5.74, 6) is -0.568. The van der Waals surface area contributed by atoms with E-state index in [-0.39, 0.29) is 27.8 Å². The van der Waals surface area contributed by atoms with E-state index in [1.54, 1.807) is 0 Å². The lowest BCUT2D eigenvalue weighted by atomic mass is 9.99. The lowest BCUT2D eigenvalue weighted by Crippen LogP contribution is -2.15. The van der Waals surface area contributed by atoms with Gasteiger partial charge in [0.15, 0.2) is 0 Å². The van der Waals surface area contributed by atoms with Crippen LogP contribution in [0, 0.1) is 5.82 Å². The van der Waals surface area contributed by atoms with E-state index in [1.165, 1.54) is 12.3 Å². The van der Waals surface area contributed by atoms with Gasteiger partial charge in [-0.25, -0.2) is 4.39 Å². The highest BCUT2D eigenvalue weighted by atomic mass is 19.4. The van der Waals surface area contributed by atoms with Gasteiger partial charge >= 0.3 is 6.18 Å². The van der Waals surface area contributed by atoms with E-state index in [2.05, 4.69) is 20.2 Å². The number of benzene rings is 1. The first-order valence-corrected chi connectivity index (χ1v) is 7.28. The van der Waals surface area contributed by atoms with Crippen LogP contribution in [0.1, 0.15) is 5.56 Å². The molecule has 0 spiro atoms. The predicted octanol–water partition coefficient (Wildman–Crippen LogP) is 3.21. The second kappa shape index (κ2) is 5.28. The number of nitrogens with two attached hydrogens (primary N) is 1. The van der Waals surface area contributed by atoms with Crippen molar-refractivity contribution in [1.29, 1.82) is 0 Å². The van der Waals surface area contributed by atoms with Gasteiger partial charge in [0.1, 0.15) is 17.0 Å². The summed E-state index contributed by atoms with van der Waals surface area (Å²) in [5, 5.41) is 6.58. The third-order valence-corrected chi connectivity index (χ3v) is 4.05. The largest absolute Gasteiger partial charge is 0.417 e. The standard InChI is InChI=1S/C16H9F4N5O/c17-9-2-1-7(8-5-23-25-13(8)9)11-12(21)15(26)24-10-3-6(16(18,19)20)4-22-14(10)11/h1-5H,21H2,(H,23,25)(H,24,26). The molecule has 10 heteroatoms. The van der Waals surface area contributed by atoms with Crippen molar-refractivity contribution in [3.8, 4) is 11.1 Å². The number of hydrogen-bond donors (Lipinski definition) is 3. The number of halogens is 4. The van der Waals surface area contributed by atoms with Gasteiger partial charge in [-0.3, -0.25) is 14.9 Å². The van der Waals surface area contributed by atoms with Crippen molar-refractivity contribution >= 4 is 27.6 Å². The summed E-state index contributed by atoms with van der Waals surface area (Å²) >= 11 is 0. The molecule has 0 radical (unpaired) electrons. The van der Waals surface area contributed by atoms with Crippen LogP contribution in [0.15, 0.2) is 35.4 Å². The molecule has 0 aliphatic carbocycles. The first kappa shape index (κ1) is 16.1. The number of H-pyrrole nitrogens is 2. The molecule has 4 N–H and O–H groups in total. The highest BCUT2D eigenvalue weighted by Crippen LogP contribution is 2.37. The van der Waals surface area contributed by atoms with E-state index in [0.717, 1.165) is 12.1 Å². The second-order valence-electron chi connectivity index (χ2n) is 5.61. The first-order chi connectivity index (χ1) is 12.3. The monoisotopic (exact) mass is 363 g/mol. The number of fused-ring (bicyclic) bond motifs is 2. The molecular weight excluding hydrogens is 354 g/mol. The summed E-state index contributed by atoms with van der Waals surface area (Å²) in [7, 11) is 0. The number of aromatic nitrogens is 4. The second-order valence-corrected chi connectivity index (χ2v) is 5.61. The van der Waals surface area contributed by atoms with E-state index in [1.807, 2.05) is 0 Å². The topological polar surface area (TPSA) is 100 Å². The number of nitrogens with one attached hydrogen (secondary N) is 2. The Bertz CT molecular complexity index is 1230. The van der Waals surface area contributed by atoms with Crippen LogP contribution in [-0.2, 0) is 6.18 Å². The number of aromatic amines is 2. The molecule has 4 rings (SSSR count). The fourth-order valence-corrected chi connectivity index (χ4v) is 2.84. The van der Waals surface area contributed by atoms with Crippen molar-refractivity contribution in [1.82, 2.24) is 20.2 Å². The minimum atomic E-state index is -4.62. The van der Waals surface area contributed by atoms with Crippen molar-refractivity contribution < 1.29 is 17.6 Å². The molecule has 0 saturated carbocycles. The molecule has 0 aliphatic heterocycles. The Hall–Kier alpha value is -3.43. The van der Waals surface area contributed by atoms with Crippen molar-refractivity contribution in [2.24, 2.45) is 0 Å². The highest BCUT2D eigenvalue weighted by molar-refractivity contribution is 6.06. The minimum absolute atomic E-state index is 0.0595. The van der Waals surface area contributed by atoms with Crippen molar-refractivity contribution in [2.75, 3.05) is 5.73 Å². The molecule has 26 heavy (non-hydrogen) atoms. The summed E-state index contributed by atoms with van der Waals surface area (Å²) in [6.07, 6.45) is -2.63. The van der Waals surface area contributed by atoms with Gasteiger partial charge in [-0.1, -0.05) is 6.07 Å². The molecule has 3 aromatic heterocycles. The van der Waals surface area contributed by atoms with Crippen molar-refractivity contribution in [2.45, 2.75) is 6.18 Å². The molecule has 0 bridgehead atoms. The van der Waals surface area contributed by atoms with Crippen LogP contribution in [0.2, 0.25) is 0 Å². The zero-order chi connectivity index (χ0) is 18.6. The van der Waals surface area contributed by atoms with Crippen LogP contribution in [0.5, 0.6) is 0 Å². The number of nitrogens with zero attached hydrogens (tertiary/aromatic N) is 2. The van der Waals surface area contributed by atoms with Gasteiger partial charge in [0, 0.05) is 17.1 Å². The van der Waals surface area contributed by atoms with Gasteiger partial charge in [-0.05, 0) is 17.7 Å². The Morgan fingerprint density at radius 2 is 1.92 bits per heavy atom. The summed E-state index contributed by atoms with van der Waals surface area (Å²) in [6, 6.07) is 3.30. The van der Waals surface area contributed by atoms with Crippen LogP contribution >= 0.6 is 0 Å². The molecule has 0 unspecified atom stereocenters. The van der Waals surface area contributed by atoms with E-state index in [9.17, 15) is 22.4 Å². The number of nitrogen functional groups attached to an aromatic ring is 1. The predicted molar refractivity (Wildman–Crippen MR) is 86.8 cm³/mol. The summed E-state index contributed by atoms with van der Waals surface area (Å²) < 4.78 is 52.6. The van der Waals surface area contributed by atoms with Gasteiger partial charge in [0.2, 0.25) is 0 Å². The Labute approximate surface area is 141 Å². The van der Waals surface area contributed by atoms with Crippen LogP contribution in [0.25, 0.3) is 33.1 Å². The quantitative estimate of drug-likeness (QED) is 0.452. The third kappa shape index (κ3) is 2.30. The molecule has 6 nitrogen and oxygen atoms in total. The van der Waals surface area contributed by atoms with Gasteiger partial charge < -0.3 is 10.7 Å². The molecular formula is C16H9F4N5O. The zero-order valence-corrected chi connectivity index (χ0v) is 12.8. The maximum absolute atomic E-state index is 13.9. The van der Waals surface area contributed by atoms with E-state index >= 15 is 0 Å². The Kier molecular flexibility index (Phi) is 3.26. The van der Waals surface area contributed by atoms with Crippen LogP contribution in [-0.4, -0.2) is 20.2 Å². The molecule has 0 atom stereocenters. The normalized spacial score (nSPS) is 12.2. The van der Waals surface area contributed by atoms with E-state index < -0.39 is 23.1 Å². The van der Waals surface area contributed by atoms with Gasteiger partial charge in [0.05, 0.1) is 22.8 Å². The molecule has 0 fully saturated rings. The van der Waals surface area contributed by atoms with E-state index in [0.29, 0.717) is 17.1 Å². The number of anilines is 1. The van der Waals surface area contributed by atoms with Gasteiger partial charge in [0.25, 0.3) is 5.56 Å². The Morgan fingerprint density at radius 1 is 1.15 bits per heavy atom. The number of pyridine rings is 2. The van der Waals surface area contributed by atoms with Crippen LogP contribution in [0.3, 0.4) is 0 Å². The lowest BCUT2D eigenvalue weighted by Gasteiger charge is -2.12. The minimum Gasteiger partial charge on any atom is -0.394 e. The Morgan fingerprint density at radius 3 is 2.65 bits per heavy atom. The Balaban J connectivity index is 2.12. The average Bonchev–Trinajstić information content (AvgIpc) is 3.07. The SMILES string of the molecule is Nc1c(-c2ccc(F)c3[nH]ncc23)c2ncc(C(F)(F)F)cc2[nH]c1=O. The molecule has 0 saturated heterocycles. The molecule has 4 aromatic rings. The maximum Gasteiger partial charge on any atom is 0.417 e. The number of rotatable bonds is 1. The van der Waals surface area contributed by atoms with Crippen LogP contribution in [0.4, 0.5) is 23.2 Å². The summed E-state index contributed by atoms with van der Waals surface area (Å²) in [5.41, 5.74) is 4.32.